The highest BCUT2D eigenvalue weighted by molar-refractivity contribution is 5.87. The fraction of sp³-hybridized carbons (Fsp3) is 0.846. The van der Waals surface area contributed by atoms with Crippen LogP contribution in [0, 0.1) is 5.92 Å². The zero-order chi connectivity index (χ0) is 14.4. The molecule has 126 valence electrons. The minimum absolute atomic E-state index is 0. The van der Waals surface area contributed by atoms with Gasteiger partial charge in [-0.05, 0) is 25.8 Å². The van der Waals surface area contributed by atoms with Crippen molar-refractivity contribution in [1.29, 1.82) is 0 Å². The Hall–Kier alpha value is -0.560. The van der Waals surface area contributed by atoms with Crippen LogP contribution >= 0.6 is 24.8 Å². The Kier molecular flexibility index (Phi) is 12.0. The molecular weight excluding hydrogens is 315 g/mol. The summed E-state index contributed by atoms with van der Waals surface area (Å²) in [6, 6.07) is 0.134. The molecule has 0 unspecified atom stereocenters. The lowest BCUT2D eigenvalue weighted by Gasteiger charge is -2.17. The van der Waals surface area contributed by atoms with Gasteiger partial charge in [-0.25, -0.2) is 0 Å². The summed E-state index contributed by atoms with van der Waals surface area (Å²) in [4.78, 5) is 25.3. The smallest absolute Gasteiger partial charge is 0.239 e. The first-order valence-corrected chi connectivity index (χ1v) is 6.92. The molecule has 0 spiro atoms. The van der Waals surface area contributed by atoms with Gasteiger partial charge in [0.1, 0.15) is 0 Å². The van der Waals surface area contributed by atoms with Gasteiger partial charge in [0.25, 0.3) is 0 Å². The van der Waals surface area contributed by atoms with Gasteiger partial charge in [0.2, 0.25) is 11.8 Å². The normalized spacial score (nSPS) is 15.0. The van der Waals surface area contributed by atoms with E-state index < -0.39 is 6.04 Å². The second-order valence-corrected chi connectivity index (χ2v) is 5.55. The van der Waals surface area contributed by atoms with E-state index in [1.54, 1.807) is 0 Å². The van der Waals surface area contributed by atoms with Crippen molar-refractivity contribution in [1.82, 2.24) is 15.5 Å². The van der Waals surface area contributed by atoms with Gasteiger partial charge in [-0.2, -0.15) is 0 Å². The van der Waals surface area contributed by atoms with Gasteiger partial charge in [-0.1, -0.05) is 13.8 Å². The molecule has 0 aromatic heterocycles. The molecule has 1 aliphatic carbocycles. The maximum atomic E-state index is 11.5. The molecule has 8 heteroatoms. The van der Waals surface area contributed by atoms with E-state index in [1.807, 2.05) is 13.8 Å². The Morgan fingerprint density at radius 1 is 1.24 bits per heavy atom. The fourth-order valence-corrected chi connectivity index (χ4v) is 1.72. The van der Waals surface area contributed by atoms with Crippen LogP contribution in [-0.2, 0) is 9.59 Å². The summed E-state index contributed by atoms with van der Waals surface area (Å²) >= 11 is 0. The van der Waals surface area contributed by atoms with Gasteiger partial charge in [-0.15, -0.1) is 24.8 Å². The van der Waals surface area contributed by atoms with Gasteiger partial charge in [-0.3, -0.25) is 9.59 Å². The van der Waals surface area contributed by atoms with Crippen molar-refractivity contribution >= 4 is 36.6 Å². The standard InChI is InChI=1S/C13H26N4O2.2ClH/c1-9(2)12(14)13(19)16-8-11(18)15-6-7-17(3)10-4-5-10;;/h9-10,12H,4-8,14H2,1-3H3,(H,15,18)(H,16,19);2*1H/t12-;;/m0../s1. The molecule has 6 nitrogen and oxygen atoms in total. The number of nitrogens with two attached hydrogens (primary N) is 1. The number of rotatable bonds is 8. The maximum Gasteiger partial charge on any atom is 0.239 e. The molecule has 0 aromatic carbocycles. The van der Waals surface area contributed by atoms with Crippen molar-refractivity contribution in [3.63, 3.8) is 0 Å². The first kappa shape index (κ1) is 22.7. The summed E-state index contributed by atoms with van der Waals surface area (Å²) < 4.78 is 0. The number of hydrogen-bond acceptors (Lipinski definition) is 4. The third kappa shape index (κ3) is 9.14. The minimum atomic E-state index is -0.561. The molecule has 1 atom stereocenters. The van der Waals surface area contributed by atoms with Gasteiger partial charge < -0.3 is 21.3 Å². The monoisotopic (exact) mass is 342 g/mol. The summed E-state index contributed by atoms with van der Waals surface area (Å²) in [5, 5.41) is 5.33. The fourth-order valence-electron chi connectivity index (χ4n) is 1.72. The van der Waals surface area contributed by atoms with Crippen LogP contribution in [0.1, 0.15) is 26.7 Å². The average Bonchev–Trinajstić information content (AvgIpc) is 3.18. The molecule has 0 saturated heterocycles. The summed E-state index contributed by atoms with van der Waals surface area (Å²) in [7, 11) is 2.06. The Morgan fingerprint density at radius 3 is 2.29 bits per heavy atom. The molecule has 1 fully saturated rings. The third-order valence-corrected chi connectivity index (χ3v) is 3.40. The summed E-state index contributed by atoms with van der Waals surface area (Å²) in [6.07, 6.45) is 2.52. The molecular formula is C13H28Cl2N4O2. The molecule has 2 amide bonds. The second kappa shape index (κ2) is 11.1. The molecule has 0 radical (unpaired) electrons. The number of likely N-dealkylation sites (N-methyl/N-ethyl adjacent to an activating group) is 1. The molecule has 21 heavy (non-hydrogen) atoms. The van der Waals surface area contributed by atoms with E-state index in [1.165, 1.54) is 12.8 Å². The Balaban J connectivity index is 0. The lowest BCUT2D eigenvalue weighted by molar-refractivity contribution is -0.127. The molecule has 1 rings (SSSR count). The SMILES string of the molecule is CC(C)[C@H](N)C(=O)NCC(=O)NCCN(C)C1CC1.Cl.Cl. The number of carbonyl (C=O) groups excluding carboxylic acids is 2. The zero-order valence-corrected chi connectivity index (χ0v) is 14.6. The summed E-state index contributed by atoms with van der Waals surface area (Å²) in [5.41, 5.74) is 5.68. The molecule has 0 aromatic rings. The highest BCUT2D eigenvalue weighted by Gasteiger charge is 2.25. The Morgan fingerprint density at radius 2 is 1.81 bits per heavy atom. The van der Waals surface area contributed by atoms with E-state index in [-0.39, 0.29) is 49.1 Å². The second-order valence-electron chi connectivity index (χ2n) is 5.55. The third-order valence-electron chi connectivity index (χ3n) is 3.40. The Bertz CT molecular complexity index is 325. The molecule has 1 aliphatic rings. The Labute approximate surface area is 139 Å². The predicted octanol–water partition coefficient (Wildman–Crippen LogP) is 0.140. The lowest BCUT2D eigenvalue weighted by atomic mass is 10.1. The van der Waals surface area contributed by atoms with E-state index in [0.717, 1.165) is 6.54 Å². The van der Waals surface area contributed by atoms with E-state index in [9.17, 15) is 9.59 Å². The number of carbonyl (C=O) groups is 2. The van der Waals surface area contributed by atoms with E-state index in [4.69, 9.17) is 5.73 Å². The largest absolute Gasteiger partial charge is 0.353 e. The van der Waals surface area contributed by atoms with Crippen molar-refractivity contribution in [2.75, 3.05) is 26.7 Å². The van der Waals surface area contributed by atoms with Crippen LogP contribution in [0.25, 0.3) is 0 Å². The zero-order valence-electron chi connectivity index (χ0n) is 12.9. The van der Waals surface area contributed by atoms with E-state index in [0.29, 0.717) is 12.6 Å². The summed E-state index contributed by atoms with van der Waals surface area (Å²) in [5.74, 6) is -0.385. The van der Waals surface area contributed by atoms with Crippen molar-refractivity contribution in [2.24, 2.45) is 11.7 Å². The van der Waals surface area contributed by atoms with E-state index >= 15 is 0 Å². The highest BCUT2D eigenvalue weighted by atomic mass is 35.5. The van der Waals surface area contributed by atoms with Crippen LogP contribution in [0.15, 0.2) is 0 Å². The molecule has 4 N–H and O–H groups in total. The van der Waals surface area contributed by atoms with Crippen LogP contribution in [0.2, 0.25) is 0 Å². The van der Waals surface area contributed by atoms with Crippen LogP contribution < -0.4 is 16.4 Å². The quantitative estimate of drug-likeness (QED) is 0.585. The first-order valence-electron chi connectivity index (χ1n) is 6.92. The maximum absolute atomic E-state index is 11.5. The molecule has 1 saturated carbocycles. The lowest BCUT2D eigenvalue weighted by Crippen LogP contribution is -2.47. The molecule has 0 heterocycles. The van der Waals surface area contributed by atoms with Gasteiger partial charge in [0.05, 0.1) is 12.6 Å². The van der Waals surface area contributed by atoms with Crippen LogP contribution in [0.5, 0.6) is 0 Å². The van der Waals surface area contributed by atoms with Crippen molar-refractivity contribution in [2.45, 2.75) is 38.8 Å². The number of halogens is 2. The number of nitrogens with one attached hydrogen (secondary N) is 2. The first-order chi connectivity index (χ1) is 8.91. The van der Waals surface area contributed by atoms with Crippen molar-refractivity contribution in [3.05, 3.63) is 0 Å². The summed E-state index contributed by atoms with van der Waals surface area (Å²) in [6.45, 7) is 5.19. The van der Waals surface area contributed by atoms with Gasteiger partial charge in [0, 0.05) is 19.1 Å². The highest BCUT2D eigenvalue weighted by Crippen LogP contribution is 2.24. The van der Waals surface area contributed by atoms with Crippen LogP contribution in [0.4, 0.5) is 0 Å². The predicted molar refractivity (Wildman–Crippen MR) is 89.0 cm³/mol. The minimum Gasteiger partial charge on any atom is -0.353 e. The number of amides is 2. The number of nitrogens with zero attached hydrogens (tertiary/aromatic N) is 1. The van der Waals surface area contributed by atoms with E-state index in [2.05, 4.69) is 22.6 Å². The topological polar surface area (TPSA) is 87.5 Å². The van der Waals surface area contributed by atoms with Crippen molar-refractivity contribution in [3.8, 4) is 0 Å². The molecule has 0 bridgehead atoms. The van der Waals surface area contributed by atoms with Crippen LogP contribution in [0.3, 0.4) is 0 Å². The van der Waals surface area contributed by atoms with Gasteiger partial charge in [0.15, 0.2) is 0 Å². The number of hydrogen-bond donors (Lipinski definition) is 3. The molecule has 0 aliphatic heterocycles. The van der Waals surface area contributed by atoms with Crippen LogP contribution in [-0.4, -0.2) is 55.5 Å². The van der Waals surface area contributed by atoms with Crippen molar-refractivity contribution < 1.29 is 9.59 Å². The average molecular weight is 343 g/mol. The van der Waals surface area contributed by atoms with Gasteiger partial charge >= 0.3 is 0 Å².